The molecule has 1 atom stereocenters. The van der Waals surface area contributed by atoms with Crippen molar-refractivity contribution < 1.29 is 0 Å². The van der Waals surface area contributed by atoms with Gasteiger partial charge in [-0.15, -0.1) is 0 Å². The van der Waals surface area contributed by atoms with Gasteiger partial charge in [-0.25, -0.2) is 4.98 Å². The number of rotatable bonds is 6. The van der Waals surface area contributed by atoms with Gasteiger partial charge in [-0.05, 0) is 43.7 Å². The fraction of sp³-hybridized carbons (Fsp3) is 0.520. The number of piperazine rings is 1. The highest BCUT2D eigenvalue weighted by Crippen LogP contribution is 2.20. The average molecular weight is 436 g/mol. The number of nitrogens with zero attached hydrogens (tertiary/aromatic N) is 5. The Morgan fingerprint density at radius 2 is 1.81 bits per heavy atom. The zero-order valence-corrected chi connectivity index (χ0v) is 19.7. The minimum Gasteiger partial charge on any atom is -0.369 e. The standard InChI is InChI=1S/C25H37N7/c1-4-30-13-15-31(16-14-30)24-10-7-21(17-27-24)18-28-25(26-3)29-22-11-12-32(19-22)23-8-5-20(2)6-9-23/h5-10,17,22H,4,11-16,18-19H2,1-3H3,(H2,26,28,29). The highest BCUT2D eigenvalue weighted by atomic mass is 15.3. The van der Waals surface area contributed by atoms with Crippen LogP contribution < -0.4 is 20.4 Å². The summed E-state index contributed by atoms with van der Waals surface area (Å²) in [6, 6.07) is 13.5. The normalized spacial score (nSPS) is 20.0. The van der Waals surface area contributed by atoms with Gasteiger partial charge >= 0.3 is 0 Å². The van der Waals surface area contributed by atoms with Crippen molar-refractivity contribution >= 4 is 17.5 Å². The molecule has 2 N–H and O–H groups in total. The maximum Gasteiger partial charge on any atom is 0.191 e. The Labute approximate surface area is 192 Å². The summed E-state index contributed by atoms with van der Waals surface area (Å²) in [4.78, 5) is 16.4. The van der Waals surface area contributed by atoms with E-state index in [0.29, 0.717) is 12.6 Å². The van der Waals surface area contributed by atoms with Crippen LogP contribution in [0, 0.1) is 6.92 Å². The Balaban J connectivity index is 1.24. The van der Waals surface area contributed by atoms with Crippen molar-refractivity contribution in [1.82, 2.24) is 20.5 Å². The van der Waals surface area contributed by atoms with Gasteiger partial charge in [-0.3, -0.25) is 4.99 Å². The molecule has 2 aromatic rings. The molecule has 1 aromatic heterocycles. The fourth-order valence-electron chi connectivity index (χ4n) is 4.44. The molecule has 0 radical (unpaired) electrons. The zero-order chi connectivity index (χ0) is 22.3. The Hall–Kier alpha value is -2.80. The second kappa shape index (κ2) is 10.7. The van der Waals surface area contributed by atoms with E-state index in [-0.39, 0.29) is 0 Å². The summed E-state index contributed by atoms with van der Waals surface area (Å²) < 4.78 is 0. The molecule has 2 aliphatic heterocycles. The van der Waals surface area contributed by atoms with Gasteiger partial charge in [0.2, 0.25) is 0 Å². The summed E-state index contributed by atoms with van der Waals surface area (Å²) in [5.41, 5.74) is 3.76. The topological polar surface area (TPSA) is 59.0 Å². The Morgan fingerprint density at radius 3 is 2.47 bits per heavy atom. The molecule has 0 bridgehead atoms. The maximum absolute atomic E-state index is 4.71. The number of anilines is 2. The van der Waals surface area contributed by atoms with E-state index in [1.165, 1.54) is 11.3 Å². The lowest BCUT2D eigenvalue weighted by Gasteiger charge is -2.34. The van der Waals surface area contributed by atoms with Crippen LogP contribution in [0.15, 0.2) is 47.6 Å². The average Bonchev–Trinajstić information content (AvgIpc) is 3.31. The second-order valence-corrected chi connectivity index (χ2v) is 8.78. The highest BCUT2D eigenvalue weighted by Gasteiger charge is 2.23. The van der Waals surface area contributed by atoms with Crippen molar-refractivity contribution in [2.75, 3.05) is 62.7 Å². The van der Waals surface area contributed by atoms with Gasteiger partial charge in [0.25, 0.3) is 0 Å². The first-order valence-electron chi connectivity index (χ1n) is 11.9. The summed E-state index contributed by atoms with van der Waals surface area (Å²) in [7, 11) is 1.83. The predicted molar refractivity (Wildman–Crippen MR) is 134 cm³/mol. The molecule has 0 spiro atoms. The molecule has 1 unspecified atom stereocenters. The van der Waals surface area contributed by atoms with Gasteiger partial charge in [0.1, 0.15) is 5.82 Å². The number of nitrogens with one attached hydrogen (secondary N) is 2. The number of aryl methyl sites for hydroxylation is 1. The number of likely N-dealkylation sites (N-methyl/N-ethyl adjacent to an activating group) is 1. The van der Waals surface area contributed by atoms with E-state index < -0.39 is 0 Å². The minimum atomic E-state index is 0.393. The minimum absolute atomic E-state index is 0.393. The smallest absolute Gasteiger partial charge is 0.191 e. The largest absolute Gasteiger partial charge is 0.369 e. The number of aromatic nitrogens is 1. The molecule has 32 heavy (non-hydrogen) atoms. The van der Waals surface area contributed by atoms with Gasteiger partial charge in [0, 0.05) is 70.8 Å². The lowest BCUT2D eigenvalue weighted by atomic mass is 10.2. The fourth-order valence-corrected chi connectivity index (χ4v) is 4.44. The predicted octanol–water partition coefficient (Wildman–Crippen LogP) is 2.48. The van der Waals surface area contributed by atoms with Crippen LogP contribution >= 0.6 is 0 Å². The third kappa shape index (κ3) is 5.71. The van der Waals surface area contributed by atoms with Gasteiger partial charge in [-0.1, -0.05) is 30.7 Å². The van der Waals surface area contributed by atoms with Crippen LogP contribution in [0.5, 0.6) is 0 Å². The molecule has 2 saturated heterocycles. The Morgan fingerprint density at radius 1 is 1.03 bits per heavy atom. The summed E-state index contributed by atoms with van der Waals surface area (Å²) in [6.07, 6.45) is 3.09. The van der Waals surface area contributed by atoms with Crippen LogP contribution in [0.3, 0.4) is 0 Å². The van der Waals surface area contributed by atoms with Gasteiger partial charge in [0.15, 0.2) is 5.96 Å². The molecule has 2 aliphatic rings. The lowest BCUT2D eigenvalue weighted by molar-refractivity contribution is 0.270. The Bertz CT molecular complexity index is 870. The highest BCUT2D eigenvalue weighted by molar-refractivity contribution is 5.80. The molecule has 0 amide bonds. The summed E-state index contributed by atoms with van der Waals surface area (Å²) in [6.45, 7) is 12.6. The first kappa shape index (κ1) is 22.4. The van der Waals surface area contributed by atoms with Crippen molar-refractivity contribution in [2.24, 2.45) is 4.99 Å². The van der Waals surface area contributed by atoms with Crippen LogP contribution in [-0.2, 0) is 6.54 Å². The first-order chi connectivity index (χ1) is 15.6. The number of pyridine rings is 1. The number of hydrogen-bond donors (Lipinski definition) is 2. The lowest BCUT2D eigenvalue weighted by Crippen LogP contribution is -2.46. The molecular formula is C25H37N7. The van der Waals surface area contributed by atoms with E-state index in [2.05, 4.69) is 80.6 Å². The van der Waals surface area contributed by atoms with Crippen molar-refractivity contribution in [1.29, 1.82) is 0 Å². The van der Waals surface area contributed by atoms with E-state index >= 15 is 0 Å². The van der Waals surface area contributed by atoms with E-state index in [4.69, 9.17) is 4.98 Å². The molecule has 7 heteroatoms. The molecular weight excluding hydrogens is 398 g/mol. The molecule has 0 saturated carbocycles. The number of benzene rings is 1. The van der Waals surface area contributed by atoms with Crippen molar-refractivity contribution in [3.8, 4) is 0 Å². The van der Waals surface area contributed by atoms with E-state index in [1.54, 1.807) is 0 Å². The van der Waals surface area contributed by atoms with Crippen molar-refractivity contribution in [3.63, 3.8) is 0 Å². The summed E-state index contributed by atoms with van der Waals surface area (Å²) in [5.74, 6) is 1.93. The van der Waals surface area contributed by atoms with Gasteiger partial charge in [0.05, 0.1) is 0 Å². The summed E-state index contributed by atoms with van der Waals surface area (Å²) >= 11 is 0. The van der Waals surface area contributed by atoms with E-state index in [1.807, 2.05) is 13.2 Å². The van der Waals surface area contributed by atoms with Gasteiger partial charge in [-0.2, -0.15) is 0 Å². The van der Waals surface area contributed by atoms with Crippen LogP contribution in [0.4, 0.5) is 11.5 Å². The maximum atomic E-state index is 4.71. The number of aliphatic imine (C=N–C) groups is 1. The quantitative estimate of drug-likeness (QED) is 0.537. The van der Waals surface area contributed by atoms with E-state index in [0.717, 1.165) is 69.6 Å². The molecule has 0 aliphatic carbocycles. The molecule has 172 valence electrons. The summed E-state index contributed by atoms with van der Waals surface area (Å²) in [5, 5.41) is 7.03. The molecule has 3 heterocycles. The van der Waals surface area contributed by atoms with E-state index in [9.17, 15) is 0 Å². The van der Waals surface area contributed by atoms with Crippen LogP contribution in [0.1, 0.15) is 24.5 Å². The zero-order valence-electron chi connectivity index (χ0n) is 19.7. The Kier molecular flexibility index (Phi) is 7.47. The van der Waals surface area contributed by atoms with Crippen molar-refractivity contribution in [2.45, 2.75) is 32.9 Å². The second-order valence-electron chi connectivity index (χ2n) is 8.78. The molecule has 4 rings (SSSR count). The SMILES string of the molecule is CCN1CCN(c2ccc(CNC(=NC)NC3CCN(c4ccc(C)cc4)C3)cn2)CC1. The molecule has 7 nitrogen and oxygen atoms in total. The monoisotopic (exact) mass is 435 g/mol. The van der Waals surface area contributed by atoms with Gasteiger partial charge < -0.3 is 25.3 Å². The molecule has 2 fully saturated rings. The number of hydrogen-bond acceptors (Lipinski definition) is 5. The first-order valence-corrected chi connectivity index (χ1v) is 11.9. The third-order valence-electron chi connectivity index (χ3n) is 6.56. The van der Waals surface area contributed by atoms with Crippen LogP contribution in [-0.4, -0.2) is 74.7 Å². The van der Waals surface area contributed by atoms with Crippen LogP contribution in [0.2, 0.25) is 0 Å². The van der Waals surface area contributed by atoms with Crippen LogP contribution in [0.25, 0.3) is 0 Å². The molecule has 1 aromatic carbocycles. The number of guanidine groups is 1. The third-order valence-corrected chi connectivity index (χ3v) is 6.56. The van der Waals surface area contributed by atoms with Crippen molar-refractivity contribution in [3.05, 3.63) is 53.7 Å².